The van der Waals surface area contributed by atoms with Gasteiger partial charge in [-0.15, -0.1) is 36.2 Å². The van der Waals surface area contributed by atoms with Crippen molar-refractivity contribution in [3.05, 3.63) is 46.5 Å². The highest BCUT2D eigenvalue weighted by atomic mass is 35.5. The normalized spacial score (nSPS) is 21.7. The van der Waals surface area contributed by atoms with E-state index in [-0.39, 0.29) is 36.8 Å². The third kappa shape index (κ3) is 5.40. The third-order valence-corrected chi connectivity index (χ3v) is 5.71. The van der Waals surface area contributed by atoms with Crippen LogP contribution in [0.15, 0.2) is 30.3 Å². The van der Waals surface area contributed by atoms with Crippen LogP contribution in [0.2, 0.25) is 0 Å². The predicted octanol–water partition coefficient (Wildman–Crippen LogP) is 2.21. The number of carbonyl (C=O) groups excluding carboxylic acids is 1. The monoisotopic (exact) mass is 430 g/mol. The number of benzene rings is 1. The van der Waals surface area contributed by atoms with E-state index in [2.05, 4.69) is 44.8 Å². The lowest BCUT2D eigenvalue weighted by Crippen LogP contribution is -2.35. The van der Waals surface area contributed by atoms with Crippen LogP contribution in [0.4, 0.5) is 5.13 Å². The lowest BCUT2D eigenvalue weighted by Gasteiger charge is -2.25. The number of anilines is 1. The molecule has 3 heterocycles. The lowest BCUT2D eigenvalue weighted by molar-refractivity contribution is -0.117. The number of rotatable bonds is 4. The van der Waals surface area contributed by atoms with Crippen molar-refractivity contribution in [2.45, 2.75) is 38.1 Å². The van der Waals surface area contributed by atoms with Gasteiger partial charge < -0.3 is 15.7 Å². The molecule has 1 aromatic heterocycles. The number of amides is 1. The zero-order valence-electron chi connectivity index (χ0n) is 14.8. The number of carbonyl (C=O) groups is 1. The molecule has 1 aromatic carbocycles. The lowest BCUT2D eigenvalue weighted by atomic mass is 10.1. The molecule has 2 atom stereocenters. The van der Waals surface area contributed by atoms with Gasteiger partial charge in [0.05, 0.1) is 17.8 Å². The Morgan fingerprint density at radius 2 is 2.11 bits per heavy atom. The molecule has 6 nitrogen and oxygen atoms in total. The summed E-state index contributed by atoms with van der Waals surface area (Å²) in [7, 11) is 0. The molecule has 148 valence electrons. The molecular weight excluding hydrogens is 407 g/mol. The van der Waals surface area contributed by atoms with Crippen LogP contribution >= 0.6 is 36.2 Å². The molecule has 2 aliphatic heterocycles. The van der Waals surface area contributed by atoms with Crippen LogP contribution in [-0.2, 0) is 24.3 Å². The molecular formula is C18H24Cl2N4O2S. The molecule has 0 saturated carbocycles. The molecule has 0 radical (unpaired) electrons. The highest BCUT2D eigenvalue weighted by molar-refractivity contribution is 7.15. The molecule has 0 spiro atoms. The molecule has 0 aliphatic carbocycles. The maximum Gasteiger partial charge on any atom is 0.243 e. The molecule has 0 bridgehead atoms. The number of halogens is 2. The minimum absolute atomic E-state index is 0. The maximum atomic E-state index is 12.3. The van der Waals surface area contributed by atoms with Crippen molar-refractivity contribution in [1.29, 1.82) is 0 Å². The molecule has 9 heteroatoms. The highest BCUT2D eigenvalue weighted by Gasteiger charge is 2.29. The van der Waals surface area contributed by atoms with Gasteiger partial charge in [-0.2, -0.15) is 0 Å². The van der Waals surface area contributed by atoms with E-state index in [0.29, 0.717) is 18.1 Å². The molecule has 1 amide bonds. The molecule has 2 aromatic rings. The summed E-state index contributed by atoms with van der Waals surface area (Å²) in [4.78, 5) is 20.5. The Balaban J connectivity index is 0.00000131. The number of aromatic nitrogens is 1. The van der Waals surface area contributed by atoms with Gasteiger partial charge in [-0.25, -0.2) is 4.98 Å². The van der Waals surface area contributed by atoms with Gasteiger partial charge in [0.1, 0.15) is 0 Å². The van der Waals surface area contributed by atoms with E-state index in [4.69, 9.17) is 0 Å². The van der Waals surface area contributed by atoms with Crippen LogP contribution in [0.5, 0.6) is 0 Å². The van der Waals surface area contributed by atoms with Crippen molar-refractivity contribution in [1.82, 2.24) is 15.2 Å². The van der Waals surface area contributed by atoms with E-state index < -0.39 is 6.10 Å². The van der Waals surface area contributed by atoms with Crippen molar-refractivity contribution in [3.63, 3.8) is 0 Å². The number of hydrogen-bond donors (Lipinski definition) is 3. The maximum absolute atomic E-state index is 12.3. The van der Waals surface area contributed by atoms with Gasteiger partial charge in [0.15, 0.2) is 5.13 Å². The summed E-state index contributed by atoms with van der Waals surface area (Å²) in [6, 6.07) is 10.1. The topological polar surface area (TPSA) is 77.5 Å². The summed E-state index contributed by atoms with van der Waals surface area (Å²) < 4.78 is 0. The first kappa shape index (κ1) is 22.1. The summed E-state index contributed by atoms with van der Waals surface area (Å²) in [5.41, 5.74) is 2.42. The number of hydrogen-bond acceptors (Lipinski definition) is 6. The second-order valence-electron chi connectivity index (χ2n) is 6.67. The van der Waals surface area contributed by atoms with Crippen molar-refractivity contribution in [3.8, 4) is 0 Å². The minimum atomic E-state index is -0.438. The van der Waals surface area contributed by atoms with Crippen LogP contribution in [0.1, 0.15) is 22.6 Å². The first-order valence-corrected chi connectivity index (χ1v) is 9.46. The van der Waals surface area contributed by atoms with E-state index >= 15 is 0 Å². The number of fused-ring (bicyclic) bond motifs is 1. The average Bonchev–Trinajstić information content (AvgIpc) is 3.21. The second kappa shape index (κ2) is 9.82. The van der Waals surface area contributed by atoms with E-state index in [0.717, 1.165) is 31.7 Å². The summed E-state index contributed by atoms with van der Waals surface area (Å²) in [6.07, 6.45) is 0.934. The van der Waals surface area contributed by atoms with Gasteiger partial charge in [-0.3, -0.25) is 9.69 Å². The van der Waals surface area contributed by atoms with Crippen LogP contribution < -0.4 is 10.6 Å². The number of thiazole rings is 1. The van der Waals surface area contributed by atoms with Gasteiger partial charge >= 0.3 is 0 Å². The Morgan fingerprint density at radius 1 is 1.33 bits per heavy atom. The molecule has 3 N–H and O–H groups in total. The van der Waals surface area contributed by atoms with Crippen LogP contribution in [0, 0.1) is 0 Å². The largest absolute Gasteiger partial charge is 0.392 e. The zero-order valence-corrected chi connectivity index (χ0v) is 17.2. The number of aliphatic hydroxyl groups excluding tert-OH is 1. The summed E-state index contributed by atoms with van der Waals surface area (Å²) >= 11 is 1.56. The SMILES string of the molecule is Cl.Cl.O=C(Nc1nc2c(s1)CN(Cc1ccccc1)CC2)[C@H]1C[C@@H](O)CN1. The highest BCUT2D eigenvalue weighted by Crippen LogP contribution is 2.29. The van der Waals surface area contributed by atoms with Gasteiger partial charge in [-0.05, 0) is 12.0 Å². The molecule has 4 rings (SSSR count). The third-order valence-electron chi connectivity index (χ3n) is 4.71. The summed E-state index contributed by atoms with van der Waals surface area (Å²) in [5.74, 6) is -0.108. The van der Waals surface area contributed by atoms with Crippen LogP contribution in [-0.4, -0.2) is 46.1 Å². The van der Waals surface area contributed by atoms with Gasteiger partial charge in [0.25, 0.3) is 0 Å². The predicted molar refractivity (Wildman–Crippen MR) is 112 cm³/mol. The quantitative estimate of drug-likeness (QED) is 0.692. The van der Waals surface area contributed by atoms with Gasteiger partial charge in [0, 0.05) is 37.5 Å². The van der Waals surface area contributed by atoms with E-state index in [9.17, 15) is 9.90 Å². The molecule has 0 unspecified atom stereocenters. The fourth-order valence-corrected chi connectivity index (χ4v) is 4.44. The van der Waals surface area contributed by atoms with Crippen LogP contribution in [0.25, 0.3) is 0 Å². The smallest absolute Gasteiger partial charge is 0.243 e. The Morgan fingerprint density at radius 3 is 2.81 bits per heavy atom. The molecule has 1 fully saturated rings. The molecule has 2 aliphatic rings. The Bertz CT molecular complexity index is 759. The van der Waals surface area contributed by atoms with Crippen molar-refractivity contribution >= 4 is 47.2 Å². The fraction of sp³-hybridized carbons (Fsp3) is 0.444. The standard InChI is InChI=1S/C18H22N4O2S.2ClH/c23-13-8-15(19-9-13)17(24)21-18-20-14-6-7-22(11-16(14)25-18)10-12-4-2-1-3-5-12;;/h1-5,13,15,19,23H,6-11H2,(H,20,21,24);2*1H/t13-,15-;;/m1../s1. The molecule has 27 heavy (non-hydrogen) atoms. The van der Waals surface area contributed by atoms with E-state index in [1.807, 2.05) is 6.07 Å². The molecule has 1 saturated heterocycles. The van der Waals surface area contributed by atoms with Gasteiger partial charge in [-0.1, -0.05) is 30.3 Å². The van der Waals surface area contributed by atoms with E-state index in [1.165, 1.54) is 10.4 Å². The first-order chi connectivity index (χ1) is 12.2. The van der Waals surface area contributed by atoms with Crippen molar-refractivity contribution in [2.24, 2.45) is 0 Å². The first-order valence-electron chi connectivity index (χ1n) is 8.64. The van der Waals surface area contributed by atoms with Crippen molar-refractivity contribution in [2.75, 3.05) is 18.4 Å². The number of β-amino-alcohol motifs (C(OH)–C–C–N with tert-alkyl or cyclic N) is 1. The van der Waals surface area contributed by atoms with E-state index in [1.54, 1.807) is 11.3 Å². The van der Waals surface area contributed by atoms with Crippen LogP contribution in [0.3, 0.4) is 0 Å². The number of nitrogens with zero attached hydrogens (tertiary/aromatic N) is 2. The Hall–Kier alpha value is -1.22. The average molecular weight is 431 g/mol. The summed E-state index contributed by atoms with van der Waals surface area (Å²) in [5, 5.41) is 16.1. The zero-order chi connectivity index (χ0) is 17.2. The Kier molecular flexibility index (Phi) is 8.03. The number of nitrogens with one attached hydrogen (secondary N) is 2. The minimum Gasteiger partial charge on any atom is -0.392 e. The Labute approximate surface area is 175 Å². The summed E-state index contributed by atoms with van der Waals surface area (Å²) in [6.45, 7) is 3.26. The van der Waals surface area contributed by atoms with Gasteiger partial charge in [0.2, 0.25) is 5.91 Å². The van der Waals surface area contributed by atoms with Crippen molar-refractivity contribution < 1.29 is 9.90 Å². The second-order valence-corrected chi connectivity index (χ2v) is 7.76. The fourth-order valence-electron chi connectivity index (χ4n) is 3.39. The number of aliphatic hydroxyl groups is 1.